The van der Waals surface area contributed by atoms with E-state index in [0.717, 1.165) is 32.7 Å². The molecule has 1 aromatic heterocycles. The molecule has 1 fully saturated rings. The van der Waals surface area contributed by atoms with E-state index in [1.807, 2.05) is 34.6 Å². The molecule has 0 unspecified atom stereocenters. The van der Waals surface area contributed by atoms with Crippen molar-refractivity contribution in [1.82, 2.24) is 25.3 Å². The van der Waals surface area contributed by atoms with Gasteiger partial charge in [0.05, 0.1) is 6.54 Å². The van der Waals surface area contributed by atoms with Gasteiger partial charge in [0.2, 0.25) is 5.89 Å². The summed E-state index contributed by atoms with van der Waals surface area (Å²) in [7, 11) is 0. The largest absolute Gasteiger partial charge is 0.444 e. The molecule has 31 heavy (non-hydrogen) atoms. The van der Waals surface area contributed by atoms with Crippen LogP contribution in [0, 0.1) is 6.92 Å². The molecule has 170 valence electrons. The Morgan fingerprint density at radius 1 is 1.06 bits per heavy atom. The smallest absolute Gasteiger partial charge is 0.408 e. The highest BCUT2D eigenvalue weighted by atomic mass is 16.6. The minimum atomic E-state index is -0.795. The van der Waals surface area contributed by atoms with Crippen LogP contribution in [0.1, 0.15) is 57.5 Å². The van der Waals surface area contributed by atoms with Gasteiger partial charge in [0.1, 0.15) is 11.1 Å². The molecule has 3 rings (SSSR count). The monoisotopic (exact) mass is 429 g/mol. The van der Waals surface area contributed by atoms with Gasteiger partial charge in [0.15, 0.2) is 5.82 Å². The summed E-state index contributed by atoms with van der Waals surface area (Å²) in [5.74, 6) is 0.993. The Hall–Kier alpha value is -2.45. The van der Waals surface area contributed by atoms with E-state index in [1.54, 1.807) is 0 Å². The molecule has 0 bridgehead atoms. The summed E-state index contributed by atoms with van der Waals surface area (Å²) in [5.41, 5.74) is 1.36. The Kier molecular flexibility index (Phi) is 7.01. The van der Waals surface area contributed by atoms with Crippen LogP contribution in [-0.4, -0.2) is 57.8 Å². The number of aromatic nitrogens is 2. The van der Waals surface area contributed by atoms with Gasteiger partial charge in [0.25, 0.3) is 0 Å². The van der Waals surface area contributed by atoms with E-state index >= 15 is 0 Å². The highest BCUT2D eigenvalue weighted by Gasteiger charge is 2.31. The van der Waals surface area contributed by atoms with Crippen LogP contribution in [0.5, 0.6) is 0 Å². The molecule has 1 saturated heterocycles. The summed E-state index contributed by atoms with van der Waals surface area (Å²) in [6, 6.07) is 8.55. The molecule has 1 amide bonds. The lowest BCUT2D eigenvalue weighted by Gasteiger charge is -2.34. The zero-order valence-electron chi connectivity index (χ0n) is 19.6. The second-order valence-corrected chi connectivity index (χ2v) is 9.74. The van der Waals surface area contributed by atoms with Crippen LogP contribution in [0.15, 0.2) is 28.8 Å². The number of carbonyl (C=O) groups is 1. The maximum atomic E-state index is 12.1. The fourth-order valence-electron chi connectivity index (χ4n) is 3.51. The van der Waals surface area contributed by atoms with E-state index in [4.69, 9.17) is 9.26 Å². The van der Waals surface area contributed by atoms with Crippen molar-refractivity contribution >= 4 is 6.09 Å². The molecular weight excluding hydrogens is 394 g/mol. The Morgan fingerprint density at radius 3 is 2.29 bits per heavy atom. The van der Waals surface area contributed by atoms with Crippen LogP contribution < -0.4 is 5.32 Å². The number of ether oxygens (including phenoxy) is 1. The number of amides is 1. The van der Waals surface area contributed by atoms with Gasteiger partial charge in [0, 0.05) is 32.7 Å². The number of carbonyl (C=O) groups excluding carboxylic acids is 1. The van der Waals surface area contributed by atoms with Gasteiger partial charge in [-0.2, -0.15) is 4.98 Å². The lowest BCUT2D eigenvalue weighted by Crippen LogP contribution is -2.45. The number of nitrogens with zero attached hydrogens (tertiary/aromatic N) is 4. The van der Waals surface area contributed by atoms with Crippen molar-refractivity contribution in [3.63, 3.8) is 0 Å². The van der Waals surface area contributed by atoms with Crippen LogP contribution in [0.25, 0.3) is 0 Å². The Bertz CT molecular complexity index is 879. The predicted molar refractivity (Wildman–Crippen MR) is 118 cm³/mol. The molecule has 0 radical (unpaired) electrons. The number of aryl methyl sites for hydroxylation is 1. The molecule has 2 heterocycles. The molecule has 8 heteroatoms. The number of hydrogen-bond acceptors (Lipinski definition) is 7. The minimum absolute atomic E-state index is 0.437. The van der Waals surface area contributed by atoms with Crippen LogP contribution in [0.3, 0.4) is 0 Å². The van der Waals surface area contributed by atoms with E-state index < -0.39 is 17.2 Å². The number of alkyl carbamates (subject to hydrolysis) is 1. The standard InChI is InChI=1S/C23H35N5O3/c1-17-9-7-8-10-18(17)15-27-11-13-28(14-12-27)16-19-24-20(26-31-19)23(5,6)25-21(29)30-22(2,3)4/h7-10H,11-16H2,1-6H3,(H,25,29). The topological polar surface area (TPSA) is 83.7 Å². The van der Waals surface area contributed by atoms with Gasteiger partial charge >= 0.3 is 6.09 Å². The molecule has 0 atom stereocenters. The van der Waals surface area contributed by atoms with Crippen LogP contribution >= 0.6 is 0 Å². The first-order valence-electron chi connectivity index (χ1n) is 10.9. The van der Waals surface area contributed by atoms with Crippen molar-refractivity contribution < 1.29 is 14.1 Å². The van der Waals surface area contributed by atoms with Gasteiger partial charge < -0.3 is 14.6 Å². The van der Waals surface area contributed by atoms with Gasteiger partial charge in [-0.25, -0.2) is 4.79 Å². The summed E-state index contributed by atoms with van der Waals surface area (Å²) in [6.07, 6.45) is -0.506. The van der Waals surface area contributed by atoms with Crippen LogP contribution in [-0.2, 0) is 23.4 Å². The molecule has 1 aromatic carbocycles. The summed E-state index contributed by atoms with van der Waals surface area (Å²) >= 11 is 0. The first-order valence-corrected chi connectivity index (χ1v) is 10.9. The third kappa shape index (κ3) is 6.77. The normalized spacial score (nSPS) is 16.3. The molecule has 0 aliphatic carbocycles. The molecule has 8 nitrogen and oxygen atoms in total. The molecule has 0 spiro atoms. The third-order valence-electron chi connectivity index (χ3n) is 5.32. The van der Waals surface area contributed by atoms with Crippen molar-refractivity contribution in [2.75, 3.05) is 26.2 Å². The van der Waals surface area contributed by atoms with E-state index in [9.17, 15) is 4.79 Å². The zero-order valence-corrected chi connectivity index (χ0v) is 19.6. The van der Waals surface area contributed by atoms with E-state index in [-0.39, 0.29) is 0 Å². The SMILES string of the molecule is Cc1ccccc1CN1CCN(Cc2nc(C(C)(C)NC(=O)OC(C)(C)C)no2)CC1. The minimum Gasteiger partial charge on any atom is -0.444 e. The molecule has 0 saturated carbocycles. The maximum absolute atomic E-state index is 12.1. The van der Waals surface area contributed by atoms with Crippen molar-refractivity contribution in [1.29, 1.82) is 0 Å². The van der Waals surface area contributed by atoms with Crippen LogP contribution in [0.2, 0.25) is 0 Å². The lowest BCUT2D eigenvalue weighted by molar-refractivity contribution is 0.0465. The van der Waals surface area contributed by atoms with Gasteiger partial charge in [-0.1, -0.05) is 29.4 Å². The molecular formula is C23H35N5O3. The predicted octanol–water partition coefficient (Wildman–Crippen LogP) is 3.46. The van der Waals surface area contributed by atoms with E-state index in [1.165, 1.54) is 11.1 Å². The second-order valence-electron chi connectivity index (χ2n) is 9.74. The van der Waals surface area contributed by atoms with E-state index in [0.29, 0.717) is 18.3 Å². The third-order valence-corrected chi connectivity index (χ3v) is 5.32. The number of rotatable bonds is 6. The average Bonchev–Trinajstić information content (AvgIpc) is 3.13. The Morgan fingerprint density at radius 2 is 1.68 bits per heavy atom. The highest BCUT2D eigenvalue weighted by Crippen LogP contribution is 2.19. The molecule has 1 aliphatic heterocycles. The maximum Gasteiger partial charge on any atom is 0.408 e. The molecule has 2 aromatic rings. The number of nitrogens with one attached hydrogen (secondary N) is 1. The average molecular weight is 430 g/mol. The van der Waals surface area contributed by atoms with E-state index in [2.05, 4.69) is 56.4 Å². The summed E-state index contributed by atoms with van der Waals surface area (Å²) in [4.78, 5) is 21.4. The number of piperazine rings is 1. The first-order chi connectivity index (χ1) is 14.5. The quantitative estimate of drug-likeness (QED) is 0.753. The molecule has 1 aliphatic rings. The number of benzene rings is 1. The van der Waals surface area contributed by atoms with Crippen molar-refractivity contribution in [3.05, 3.63) is 47.1 Å². The number of hydrogen-bond donors (Lipinski definition) is 1. The zero-order chi connectivity index (χ0) is 22.6. The van der Waals surface area contributed by atoms with Gasteiger partial charge in [-0.3, -0.25) is 9.80 Å². The lowest BCUT2D eigenvalue weighted by atomic mass is 10.1. The van der Waals surface area contributed by atoms with Crippen LogP contribution in [0.4, 0.5) is 4.79 Å². The summed E-state index contributed by atoms with van der Waals surface area (Å²) in [5, 5.41) is 6.90. The molecule has 1 N–H and O–H groups in total. The Balaban J connectivity index is 1.50. The summed E-state index contributed by atoms with van der Waals surface area (Å²) in [6.45, 7) is 16.8. The van der Waals surface area contributed by atoms with Crippen molar-refractivity contribution in [2.45, 2.75) is 65.8 Å². The van der Waals surface area contributed by atoms with Gasteiger partial charge in [-0.05, 0) is 52.7 Å². The highest BCUT2D eigenvalue weighted by molar-refractivity contribution is 5.68. The fraction of sp³-hybridized carbons (Fsp3) is 0.609. The summed E-state index contributed by atoms with van der Waals surface area (Å²) < 4.78 is 10.8. The van der Waals surface area contributed by atoms with Crippen molar-refractivity contribution in [3.8, 4) is 0 Å². The first kappa shape index (κ1) is 23.2. The fourth-order valence-corrected chi connectivity index (χ4v) is 3.51. The van der Waals surface area contributed by atoms with Gasteiger partial charge in [-0.15, -0.1) is 0 Å². The Labute approximate surface area is 184 Å². The second kappa shape index (κ2) is 9.36. The van der Waals surface area contributed by atoms with Crippen molar-refractivity contribution in [2.24, 2.45) is 0 Å².